The van der Waals surface area contributed by atoms with Crippen molar-refractivity contribution in [2.24, 2.45) is 17.6 Å². The number of nitrogens with two attached hydrogens (primary N) is 1. The molecule has 92 valence electrons. The highest BCUT2D eigenvalue weighted by Gasteiger charge is 2.37. The normalized spacial score (nSPS) is 33.3. The summed E-state index contributed by atoms with van der Waals surface area (Å²) in [6.45, 7) is 4.27. The summed E-state index contributed by atoms with van der Waals surface area (Å²) in [4.78, 5) is 11.6. The monoisotopic (exact) mass is 232 g/mol. The maximum absolute atomic E-state index is 11.6. The Balaban J connectivity index is 2.31. The van der Waals surface area contributed by atoms with Crippen LogP contribution in [0.4, 0.5) is 0 Å². The number of rotatable bonds is 2. The van der Waals surface area contributed by atoms with Crippen LogP contribution in [-0.4, -0.2) is 11.9 Å². The lowest BCUT2D eigenvalue weighted by Crippen LogP contribution is -2.49. The van der Waals surface area contributed by atoms with Crippen molar-refractivity contribution in [3.05, 3.63) is 35.9 Å². The topological polar surface area (TPSA) is 55.1 Å². The molecule has 1 aliphatic rings. The van der Waals surface area contributed by atoms with Gasteiger partial charge in [0.15, 0.2) is 0 Å². The van der Waals surface area contributed by atoms with Gasteiger partial charge in [-0.05, 0) is 24.8 Å². The van der Waals surface area contributed by atoms with E-state index in [4.69, 9.17) is 5.73 Å². The van der Waals surface area contributed by atoms with Crippen molar-refractivity contribution in [1.82, 2.24) is 5.32 Å². The Morgan fingerprint density at radius 1 is 1.29 bits per heavy atom. The third-order valence-electron chi connectivity index (χ3n) is 3.65. The highest BCUT2D eigenvalue weighted by Crippen LogP contribution is 2.35. The second-order valence-corrected chi connectivity index (χ2v) is 5.10. The van der Waals surface area contributed by atoms with Crippen LogP contribution >= 0.6 is 0 Å². The number of carbonyl (C=O) groups is 1. The molecule has 1 saturated heterocycles. The van der Waals surface area contributed by atoms with Gasteiger partial charge in [-0.2, -0.15) is 0 Å². The molecule has 4 unspecified atom stereocenters. The minimum absolute atomic E-state index is 0.0486. The fraction of sp³-hybridized carbons (Fsp3) is 0.500. The molecule has 0 bridgehead atoms. The van der Waals surface area contributed by atoms with Gasteiger partial charge in [0, 0.05) is 12.1 Å². The van der Waals surface area contributed by atoms with Gasteiger partial charge >= 0.3 is 0 Å². The summed E-state index contributed by atoms with van der Waals surface area (Å²) >= 11 is 0. The van der Waals surface area contributed by atoms with Crippen molar-refractivity contribution < 1.29 is 4.79 Å². The Morgan fingerprint density at radius 2 is 1.94 bits per heavy atom. The van der Waals surface area contributed by atoms with Gasteiger partial charge in [-0.15, -0.1) is 0 Å². The summed E-state index contributed by atoms with van der Waals surface area (Å²) in [5.41, 5.74) is 6.70. The van der Waals surface area contributed by atoms with E-state index >= 15 is 0 Å². The molecule has 1 aromatic carbocycles. The fourth-order valence-electron chi connectivity index (χ4n) is 2.92. The number of hydrogen-bond donors (Lipinski definition) is 2. The molecule has 0 aromatic heterocycles. The van der Waals surface area contributed by atoms with Crippen LogP contribution in [0.5, 0.6) is 0 Å². The van der Waals surface area contributed by atoms with E-state index in [1.54, 1.807) is 0 Å². The third kappa shape index (κ3) is 2.50. The smallest absolute Gasteiger partial charge is 0.222 e. The van der Waals surface area contributed by atoms with Gasteiger partial charge < -0.3 is 11.1 Å². The van der Waals surface area contributed by atoms with E-state index in [2.05, 4.69) is 31.3 Å². The molecule has 3 nitrogen and oxygen atoms in total. The molecule has 3 N–H and O–H groups in total. The number of hydrogen-bond acceptors (Lipinski definition) is 2. The third-order valence-corrected chi connectivity index (χ3v) is 3.65. The van der Waals surface area contributed by atoms with Crippen LogP contribution in [0.3, 0.4) is 0 Å². The average Bonchev–Trinajstić information content (AvgIpc) is 2.28. The lowest BCUT2D eigenvalue weighted by atomic mass is 9.76. The minimum atomic E-state index is -0.203. The SMILES string of the molecule is CC1CC(C)C(C(N)=O)C(c2ccccc2)N1. The molecule has 0 radical (unpaired) electrons. The van der Waals surface area contributed by atoms with Gasteiger partial charge in [0.2, 0.25) is 5.91 Å². The molecule has 0 spiro atoms. The Bertz CT molecular complexity index is 390. The van der Waals surface area contributed by atoms with Crippen molar-refractivity contribution in [3.63, 3.8) is 0 Å². The van der Waals surface area contributed by atoms with E-state index in [1.165, 1.54) is 0 Å². The number of carbonyl (C=O) groups excluding carboxylic acids is 1. The first kappa shape index (κ1) is 12.1. The van der Waals surface area contributed by atoms with E-state index in [1.807, 2.05) is 18.2 Å². The van der Waals surface area contributed by atoms with Crippen LogP contribution in [0.2, 0.25) is 0 Å². The van der Waals surface area contributed by atoms with E-state index in [9.17, 15) is 4.79 Å². The first-order valence-electron chi connectivity index (χ1n) is 6.20. The van der Waals surface area contributed by atoms with Gasteiger partial charge in [-0.1, -0.05) is 37.3 Å². The van der Waals surface area contributed by atoms with Gasteiger partial charge in [0.1, 0.15) is 0 Å². The van der Waals surface area contributed by atoms with Gasteiger partial charge in [-0.3, -0.25) is 4.79 Å². The van der Waals surface area contributed by atoms with Crippen LogP contribution in [0, 0.1) is 11.8 Å². The largest absolute Gasteiger partial charge is 0.369 e. The summed E-state index contributed by atoms with van der Waals surface area (Å²) in [7, 11) is 0. The minimum Gasteiger partial charge on any atom is -0.369 e. The van der Waals surface area contributed by atoms with Crippen molar-refractivity contribution in [2.75, 3.05) is 0 Å². The summed E-state index contributed by atoms with van der Waals surface area (Å²) in [5.74, 6) is 0.00769. The summed E-state index contributed by atoms with van der Waals surface area (Å²) in [6.07, 6.45) is 0.997. The predicted molar refractivity (Wildman–Crippen MR) is 68.2 cm³/mol. The lowest BCUT2D eigenvalue weighted by Gasteiger charge is -2.39. The zero-order valence-electron chi connectivity index (χ0n) is 10.4. The molecular formula is C14H20N2O. The molecule has 1 aliphatic heterocycles. The molecule has 4 atom stereocenters. The fourth-order valence-corrected chi connectivity index (χ4v) is 2.92. The van der Waals surface area contributed by atoms with E-state index < -0.39 is 0 Å². The number of amides is 1. The van der Waals surface area contributed by atoms with Crippen molar-refractivity contribution >= 4 is 5.91 Å². The Hall–Kier alpha value is -1.35. The molecule has 0 saturated carbocycles. The Morgan fingerprint density at radius 3 is 2.53 bits per heavy atom. The molecule has 1 heterocycles. The second kappa shape index (κ2) is 4.88. The Labute approximate surface area is 102 Å². The highest BCUT2D eigenvalue weighted by molar-refractivity contribution is 5.78. The molecule has 17 heavy (non-hydrogen) atoms. The van der Waals surface area contributed by atoms with Gasteiger partial charge in [-0.25, -0.2) is 0 Å². The number of benzene rings is 1. The first-order chi connectivity index (χ1) is 8.09. The van der Waals surface area contributed by atoms with Gasteiger partial charge in [0.05, 0.1) is 5.92 Å². The molecule has 3 heteroatoms. The van der Waals surface area contributed by atoms with Crippen LogP contribution in [0.1, 0.15) is 31.9 Å². The van der Waals surface area contributed by atoms with Crippen molar-refractivity contribution in [1.29, 1.82) is 0 Å². The van der Waals surface area contributed by atoms with Crippen molar-refractivity contribution in [2.45, 2.75) is 32.4 Å². The maximum Gasteiger partial charge on any atom is 0.222 e. The van der Waals surface area contributed by atoms with E-state index in [-0.39, 0.29) is 17.9 Å². The standard InChI is InChI=1S/C14H20N2O/c1-9-8-10(2)16-13(12(9)14(15)17)11-6-4-3-5-7-11/h3-7,9-10,12-13,16H,8H2,1-2H3,(H2,15,17). The maximum atomic E-state index is 11.6. The number of primary amides is 1. The second-order valence-electron chi connectivity index (χ2n) is 5.10. The highest BCUT2D eigenvalue weighted by atomic mass is 16.1. The first-order valence-corrected chi connectivity index (χ1v) is 6.20. The van der Waals surface area contributed by atoms with Crippen LogP contribution in [-0.2, 0) is 4.79 Å². The number of piperidine rings is 1. The van der Waals surface area contributed by atoms with Gasteiger partial charge in [0.25, 0.3) is 0 Å². The van der Waals surface area contributed by atoms with E-state index in [0.29, 0.717) is 12.0 Å². The zero-order chi connectivity index (χ0) is 12.4. The quantitative estimate of drug-likeness (QED) is 0.817. The summed E-state index contributed by atoms with van der Waals surface area (Å²) in [6, 6.07) is 10.6. The van der Waals surface area contributed by atoms with Crippen LogP contribution in [0.25, 0.3) is 0 Å². The Kier molecular flexibility index (Phi) is 3.48. The van der Waals surface area contributed by atoms with Crippen molar-refractivity contribution in [3.8, 4) is 0 Å². The van der Waals surface area contributed by atoms with Crippen LogP contribution in [0.15, 0.2) is 30.3 Å². The molecule has 1 fully saturated rings. The van der Waals surface area contributed by atoms with E-state index in [0.717, 1.165) is 12.0 Å². The number of nitrogens with one attached hydrogen (secondary N) is 1. The lowest BCUT2D eigenvalue weighted by molar-refractivity contribution is -0.125. The summed E-state index contributed by atoms with van der Waals surface area (Å²) in [5, 5.41) is 3.49. The molecule has 2 rings (SSSR count). The average molecular weight is 232 g/mol. The predicted octanol–water partition coefficient (Wildman–Crippen LogP) is 1.85. The zero-order valence-corrected chi connectivity index (χ0v) is 10.4. The van der Waals surface area contributed by atoms with Crippen LogP contribution < -0.4 is 11.1 Å². The molecular weight excluding hydrogens is 212 g/mol. The molecule has 1 amide bonds. The summed E-state index contributed by atoms with van der Waals surface area (Å²) < 4.78 is 0. The molecule has 1 aromatic rings. The molecule has 0 aliphatic carbocycles.